The minimum absolute atomic E-state index is 0.0542. The molecule has 0 aromatic carbocycles. The van der Waals surface area contributed by atoms with Gasteiger partial charge < -0.3 is 10.1 Å². The van der Waals surface area contributed by atoms with Crippen molar-refractivity contribution in [3.05, 3.63) is 0 Å². The number of carbonyl (C=O) groups excluding carboxylic acids is 2. The van der Waals surface area contributed by atoms with Crippen LogP contribution in [0.25, 0.3) is 0 Å². The predicted molar refractivity (Wildman–Crippen MR) is 49.3 cm³/mol. The summed E-state index contributed by atoms with van der Waals surface area (Å²) in [6, 6.07) is -0.366. The summed E-state index contributed by atoms with van der Waals surface area (Å²) in [6.45, 7) is 4.11. The average Bonchev–Trinajstić information content (AvgIpc) is 2.56. The van der Waals surface area contributed by atoms with Gasteiger partial charge in [-0.25, -0.2) is 0 Å². The van der Waals surface area contributed by atoms with Crippen LogP contribution in [0.1, 0.15) is 19.8 Å². The molecule has 0 aliphatic carbocycles. The minimum atomic E-state index is -0.366. The number of hydrogen-bond donors (Lipinski definition) is 1. The van der Waals surface area contributed by atoms with Crippen LogP contribution >= 0.6 is 0 Å². The molecule has 1 amide bonds. The normalized spacial score (nSPS) is 19.8. The zero-order valence-corrected chi connectivity index (χ0v) is 7.95. The Morgan fingerprint density at radius 1 is 1.54 bits per heavy atom. The van der Waals surface area contributed by atoms with Crippen LogP contribution in [-0.4, -0.2) is 42.8 Å². The summed E-state index contributed by atoms with van der Waals surface area (Å²) in [4.78, 5) is 23.6. The molecule has 1 aliphatic rings. The van der Waals surface area contributed by atoms with E-state index in [0.29, 0.717) is 6.54 Å². The van der Waals surface area contributed by atoms with Crippen molar-refractivity contribution in [2.24, 2.45) is 0 Å². The average molecular weight is 184 g/mol. The highest BCUT2D eigenvalue weighted by Gasteiger charge is 2.15. The van der Waals surface area contributed by atoms with Crippen LogP contribution in [0.3, 0.4) is 0 Å². The zero-order chi connectivity index (χ0) is 9.68. The Balaban J connectivity index is 2.20. The van der Waals surface area contributed by atoms with Crippen molar-refractivity contribution in [2.45, 2.75) is 25.8 Å². The Morgan fingerprint density at radius 3 is 2.69 bits per heavy atom. The molecule has 1 atom stereocenters. The summed E-state index contributed by atoms with van der Waals surface area (Å²) in [7, 11) is 0. The Morgan fingerprint density at radius 2 is 2.15 bits per heavy atom. The molecule has 0 bridgehead atoms. The third kappa shape index (κ3) is 3.55. The lowest BCUT2D eigenvalue weighted by molar-refractivity contribution is -0.124. The monoisotopic (exact) mass is 184 g/mol. The van der Waals surface area contributed by atoms with Gasteiger partial charge in [0.05, 0.1) is 12.6 Å². The molecule has 4 heteroatoms. The third-order valence-electron chi connectivity index (χ3n) is 2.16. The highest BCUT2D eigenvalue weighted by atomic mass is 16.2. The SMILES string of the molecule is C[C@@H](C=O)NC(=O)CN1CCCC1. The van der Waals surface area contributed by atoms with E-state index in [-0.39, 0.29) is 11.9 Å². The van der Waals surface area contributed by atoms with Gasteiger partial charge in [0.15, 0.2) is 0 Å². The second kappa shape index (κ2) is 4.97. The number of hydrogen-bond acceptors (Lipinski definition) is 3. The highest BCUT2D eigenvalue weighted by molar-refractivity contribution is 5.81. The molecule has 0 spiro atoms. The van der Waals surface area contributed by atoms with E-state index in [9.17, 15) is 9.59 Å². The number of amides is 1. The summed E-state index contributed by atoms with van der Waals surface area (Å²) in [5.41, 5.74) is 0. The first-order valence-electron chi connectivity index (χ1n) is 4.69. The third-order valence-corrected chi connectivity index (χ3v) is 2.16. The van der Waals surface area contributed by atoms with Gasteiger partial charge in [0.1, 0.15) is 6.29 Å². The Hall–Kier alpha value is -0.900. The lowest BCUT2D eigenvalue weighted by atomic mass is 10.3. The largest absolute Gasteiger partial charge is 0.346 e. The molecule has 0 radical (unpaired) electrons. The molecule has 4 nitrogen and oxygen atoms in total. The Bertz CT molecular complexity index is 188. The summed E-state index contributed by atoms with van der Waals surface area (Å²) in [5, 5.41) is 2.61. The maximum absolute atomic E-state index is 11.3. The molecule has 1 N–H and O–H groups in total. The lowest BCUT2D eigenvalue weighted by Crippen LogP contribution is -2.40. The molecule has 1 saturated heterocycles. The minimum Gasteiger partial charge on any atom is -0.346 e. The van der Waals surface area contributed by atoms with Crippen molar-refractivity contribution < 1.29 is 9.59 Å². The smallest absolute Gasteiger partial charge is 0.234 e. The van der Waals surface area contributed by atoms with Gasteiger partial charge in [-0.15, -0.1) is 0 Å². The van der Waals surface area contributed by atoms with Gasteiger partial charge in [0, 0.05) is 0 Å². The first-order valence-corrected chi connectivity index (χ1v) is 4.69. The molecule has 1 fully saturated rings. The fraction of sp³-hybridized carbons (Fsp3) is 0.778. The van der Waals surface area contributed by atoms with E-state index >= 15 is 0 Å². The van der Waals surface area contributed by atoms with Gasteiger partial charge >= 0.3 is 0 Å². The number of aldehydes is 1. The van der Waals surface area contributed by atoms with E-state index in [0.717, 1.165) is 19.4 Å². The van der Waals surface area contributed by atoms with Crippen LogP contribution in [-0.2, 0) is 9.59 Å². The maximum atomic E-state index is 11.3. The van der Waals surface area contributed by atoms with Crippen LogP contribution in [0.15, 0.2) is 0 Å². The number of carbonyl (C=O) groups is 2. The maximum Gasteiger partial charge on any atom is 0.234 e. The first-order chi connectivity index (χ1) is 6.22. The van der Waals surface area contributed by atoms with E-state index in [1.54, 1.807) is 6.92 Å². The van der Waals surface area contributed by atoms with E-state index in [2.05, 4.69) is 10.2 Å². The first kappa shape index (κ1) is 10.2. The van der Waals surface area contributed by atoms with Crippen LogP contribution in [0.2, 0.25) is 0 Å². The molecule has 0 aromatic heterocycles. The second-order valence-electron chi connectivity index (χ2n) is 3.48. The molecular formula is C9H16N2O2. The lowest BCUT2D eigenvalue weighted by Gasteiger charge is -2.14. The van der Waals surface area contributed by atoms with Gasteiger partial charge in [-0.2, -0.15) is 0 Å². The van der Waals surface area contributed by atoms with Gasteiger partial charge in [-0.05, 0) is 32.9 Å². The van der Waals surface area contributed by atoms with Crippen molar-refractivity contribution in [1.82, 2.24) is 10.2 Å². The van der Waals surface area contributed by atoms with Crippen LogP contribution < -0.4 is 5.32 Å². The molecule has 1 heterocycles. The van der Waals surface area contributed by atoms with Crippen molar-refractivity contribution in [3.63, 3.8) is 0 Å². The van der Waals surface area contributed by atoms with Crippen molar-refractivity contribution in [2.75, 3.05) is 19.6 Å². The van der Waals surface area contributed by atoms with E-state index in [4.69, 9.17) is 0 Å². The van der Waals surface area contributed by atoms with Crippen molar-refractivity contribution >= 4 is 12.2 Å². The van der Waals surface area contributed by atoms with Crippen LogP contribution in [0.5, 0.6) is 0 Å². The highest BCUT2D eigenvalue weighted by Crippen LogP contribution is 2.05. The predicted octanol–water partition coefficient (Wildman–Crippen LogP) is -0.214. The van der Waals surface area contributed by atoms with Gasteiger partial charge in [0.25, 0.3) is 0 Å². The topological polar surface area (TPSA) is 49.4 Å². The van der Waals surface area contributed by atoms with Crippen LogP contribution in [0, 0.1) is 0 Å². The van der Waals surface area contributed by atoms with E-state index < -0.39 is 0 Å². The van der Waals surface area contributed by atoms with E-state index in [1.807, 2.05) is 0 Å². The summed E-state index contributed by atoms with van der Waals surface area (Å²) >= 11 is 0. The van der Waals surface area contributed by atoms with E-state index in [1.165, 1.54) is 12.8 Å². The van der Waals surface area contributed by atoms with Gasteiger partial charge in [-0.3, -0.25) is 9.69 Å². The van der Waals surface area contributed by atoms with Crippen molar-refractivity contribution in [3.8, 4) is 0 Å². The molecule has 0 saturated carbocycles. The summed E-state index contributed by atoms with van der Waals surface area (Å²) < 4.78 is 0. The fourth-order valence-electron chi connectivity index (χ4n) is 1.48. The molecule has 1 rings (SSSR count). The van der Waals surface area contributed by atoms with Gasteiger partial charge in [0.2, 0.25) is 5.91 Å². The zero-order valence-electron chi connectivity index (χ0n) is 7.95. The molecule has 0 unspecified atom stereocenters. The summed E-state index contributed by atoms with van der Waals surface area (Å²) in [6.07, 6.45) is 3.09. The molecule has 13 heavy (non-hydrogen) atoms. The summed E-state index contributed by atoms with van der Waals surface area (Å²) in [5.74, 6) is -0.0542. The molecule has 74 valence electrons. The van der Waals surface area contributed by atoms with Crippen molar-refractivity contribution in [1.29, 1.82) is 0 Å². The number of nitrogens with zero attached hydrogens (tertiary/aromatic N) is 1. The Labute approximate surface area is 78.3 Å². The molecular weight excluding hydrogens is 168 g/mol. The molecule has 0 aromatic rings. The quantitative estimate of drug-likeness (QED) is 0.615. The van der Waals surface area contributed by atoms with Gasteiger partial charge in [-0.1, -0.05) is 0 Å². The standard InChI is InChI=1S/C9H16N2O2/c1-8(7-12)10-9(13)6-11-4-2-3-5-11/h7-8H,2-6H2,1H3,(H,10,13)/t8-/m0/s1. The number of likely N-dealkylation sites (tertiary alicyclic amines) is 1. The van der Waals surface area contributed by atoms with Crippen LogP contribution in [0.4, 0.5) is 0 Å². The second-order valence-corrected chi connectivity index (χ2v) is 3.48. The fourth-order valence-corrected chi connectivity index (χ4v) is 1.48. The number of nitrogens with one attached hydrogen (secondary N) is 1. The number of rotatable bonds is 4. The molecule has 1 aliphatic heterocycles. The Kier molecular flexibility index (Phi) is 3.89.